The van der Waals surface area contributed by atoms with E-state index in [9.17, 15) is 18.0 Å². The van der Waals surface area contributed by atoms with Gasteiger partial charge in [0.15, 0.2) is 9.84 Å². The molecule has 2 fully saturated rings. The van der Waals surface area contributed by atoms with Gasteiger partial charge in [-0.05, 0) is 43.5 Å². The highest BCUT2D eigenvalue weighted by Gasteiger charge is 2.34. The van der Waals surface area contributed by atoms with Gasteiger partial charge in [0.05, 0.1) is 11.5 Å². The quantitative estimate of drug-likeness (QED) is 0.832. The van der Waals surface area contributed by atoms with E-state index in [2.05, 4.69) is 10.2 Å². The zero-order valence-electron chi connectivity index (χ0n) is 15.0. The number of hydrogen-bond acceptors (Lipinski definition) is 5. The van der Waals surface area contributed by atoms with Crippen LogP contribution in [0, 0.1) is 0 Å². The lowest BCUT2D eigenvalue weighted by atomic mass is 10.2. The molecule has 0 bridgehead atoms. The highest BCUT2D eigenvalue weighted by Crippen LogP contribution is 2.22. The summed E-state index contributed by atoms with van der Waals surface area (Å²) < 4.78 is 23.3. The average molecular weight is 379 g/mol. The van der Waals surface area contributed by atoms with Crippen LogP contribution in [0.5, 0.6) is 0 Å². The second-order valence-corrected chi connectivity index (χ2v) is 9.22. The van der Waals surface area contributed by atoms with Gasteiger partial charge in [0.1, 0.15) is 6.54 Å². The second-order valence-electron chi connectivity index (χ2n) is 6.99. The Bertz CT molecular complexity index is 770. The first kappa shape index (κ1) is 18.7. The largest absolute Gasteiger partial charge is 0.372 e. The minimum Gasteiger partial charge on any atom is -0.372 e. The van der Waals surface area contributed by atoms with Gasteiger partial charge < -0.3 is 15.1 Å². The molecule has 2 aliphatic rings. The molecule has 1 aromatic rings. The molecule has 1 N–H and O–H groups in total. The zero-order chi connectivity index (χ0) is 18.7. The molecule has 2 aliphatic heterocycles. The molecule has 1 unspecified atom stereocenters. The van der Waals surface area contributed by atoms with Crippen molar-refractivity contribution in [3.63, 3.8) is 0 Å². The van der Waals surface area contributed by atoms with E-state index in [1.807, 2.05) is 24.3 Å². The molecular formula is C18H25N3O4S. The highest BCUT2D eigenvalue weighted by molar-refractivity contribution is 7.91. The molecule has 2 heterocycles. The Hall–Kier alpha value is -2.09. The van der Waals surface area contributed by atoms with Gasteiger partial charge in [-0.2, -0.15) is 0 Å². The van der Waals surface area contributed by atoms with Crippen molar-refractivity contribution in [3.05, 3.63) is 24.3 Å². The van der Waals surface area contributed by atoms with E-state index in [0.29, 0.717) is 12.1 Å². The average Bonchev–Trinajstić information content (AvgIpc) is 3.22. The maximum absolute atomic E-state index is 12.3. The highest BCUT2D eigenvalue weighted by atomic mass is 32.2. The van der Waals surface area contributed by atoms with E-state index in [-0.39, 0.29) is 29.9 Å². The predicted molar refractivity (Wildman–Crippen MR) is 101 cm³/mol. The lowest BCUT2D eigenvalue weighted by Crippen LogP contribution is -2.44. The molecule has 3 rings (SSSR count). The number of benzene rings is 1. The number of hydrogen-bond donors (Lipinski definition) is 1. The number of carbonyl (C=O) groups is 2. The second kappa shape index (κ2) is 7.65. The van der Waals surface area contributed by atoms with Crippen LogP contribution in [0.4, 0.5) is 11.4 Å². The minimum atomic E-state index is -3.11. The van der Waals surface area contributed by atoms with E-state index in [0.717, 1.165) is 18.8 Å². The Morgan fingerprint density at radius 3 is 2.38 bits per heavy atom. The van der Waals surface area contributed by atoms with E-state index >= 15 is 0 Å². The Morgan fingerprint density at radius 2 is 1.85 bits per heavy atom. The molecule has 2 saturated heterocycles. The SMILES string of the molecule is CC(=O)N(CC(=O)Nc1ccc(N2CCCC2)cc1)C1CCS(=O)(=O)C1. The topological polar surface area (TPSA) is 86.8 Å². The fraction of sp³-hybridized carbons (Fsp3) is 0.556. The van der Waals surface area contributed by atoms with Gasteiger partial charge >= 0.3 is 0 Å². The number of carbonyl (C=O) groups excluding carboxylic acids is 2. The normalized spacial score (nSPS) is 21.6. The van der Waals surface area contributed by atoms with Gasteiger partial charge in [0.2, 0.25) is 11.8 Å². The minimum absolute atomic E-state index is 0.0651. The van der Waals surface area contributed by atoms with Gasteiger partial charge in [-0.3, -0.25) is 9.59 Å². The first-order valence-corrected chi connectivity index (χ1v) is 10.8. The van der Waals surface area contributed by atoms with Gasteiger partial charge in [-0.1, -0.05) is 0 Å². The number of nitrogens with one attached hydrogen (secondary N) is 1. The lowest BCUT2D eigenvalue weighted by Gasteiger charge is -2.26. The first-order valence-electron chi connectivity index (χ1n) is 8.96. The molecule has 8 heteroatoms. The van der Waals surface area contributed by atoms with Crippen LogP contribution in [-0.4, -0.2) is 62.3 Å². The number of amides is 2. The molecule has 0 aliphatic carbocycles. The van der Waals surface area contributed by atoms with E-state index in [1.54, 1.807) is 0 Å². The molecule has 7 nitrogen and oxygen atoms in total. The van der Waals surface area contributed by atoms with Crippen molar-refractivity contribution in [2.45, 2.75) is 32.2 Å². The maximum atomic E-state index is 12.3. The summed E-state index contributed by atoms with van der Waals surface area (Å²) in [4.78, 5) is 27.9. The van der Waals surface area contributed by atoms with E-state index in [4.69, 9.17) is 0 Å². The summed E-state index contributed by atoms with van der Waals surface area (Å²) in [7, 11) is -3.11. The predicted octanol–water partition coefficient (Wildman–Crippen LogP) is 1.26. The van der Waals surface area contributed by atoms with Crippen LogP contribution in [-0.2, 0) is 19.4 Å². The van der Waals surface area contributed by atoms with Gasteiger partial charge in [0.25, 0.3) is 0 Å². The lowest BCUT2D eigenvalue weighted by molar-refractivity contribution is -0.134. The Morgan fingerprint density at radius 1 is 1.19 bits per heavy atom. The van der Waals surface area contributed by atoms with Crippen LogP contribution >= 0.6 is 0 Å². The van der Waals surface area contributed by atoms with Crippen molar-refractivity contribution in [3.8, 4) is 0 Å². The number of sulfone groups is 1. The smallest absolute Gasteiger partial charge is 0.244 e. The van der Waals surface area contributed by atoms with Crippen LogP contribution in [0.2, 0.25) is 0 Å². The van der Waals surface area contributed by atoms with Crippen molar-refractivity contribution >= 4 is 33.0 Å². The Balaban J connectivity index is 1.59. The molecule has 142 valence electrons. The number of nitrogens with zero attached hydrogens (tertiary/aromatic N) is 2. The van der Waals surface area contributed by atoms with Gasteiger partial charge in [-0.15, -0.1) is 0 Å². The van der Waals surface area contributed by atoms with Crippen molar-refractivity contribution in [2.24, 2.45) is 0 Å². The third-order valence-corrected chi connectivity index (χ3v) is 6.74. The Labute approximate surface area is 154 Å². The standard InChI is InChI=1S/C18H25N3O4S/c1-14(22)21(17-8-11-26(24,25)13-17)12-18(23)19-15-4-6-16(7-5-15)20-9-2-3-10-20/h4-7,17H,2-3,8-13H2,1H3,(H,19,23). The summed E-state index contributed by atoms with van der Waals surface area (Å²) in [6.45, 7) is 3.35. The van der Waals surface area contributed by atoms with E-state index < -0.39 is 15.9 Å². The molecule has 2 amide bonds. The van der Waals surface area contributed by atoms with Crippen molar-refractivity contribution in [2.75, 3.05) is 41.4 Å². The summed E-state index contributed by atoms with van der Waals surface area (Å²) in [6.07, 6.45) is 2.80. The van der Waals surface area contributed by atoms with Gasteiger partial charge in [0, 0.05) is 37.4 Å². The fourth-order valence-corrected chi connectivity index (χ4v) is 5.34. The third kappa shape index (κ3) is 4.55. The molecular weight excluding hydrogens is 354 g/mol. The monoisotopic (exact) mass is 379 g/mol. The molecule has 1 atom stereocenters. The number of rotatable bonds is 5. The van der Waals surface area contributed by atoms with E-state index in [1.165, 1.54) is 24.7 Å². The fourth-order valence-electron chi connectivity index (χ4n) is 3.60. The summed E-state index contributed by atoms with van der Waals surface area (Å²) >= 11 is 0. The molecule has 0 spiro atoms. The van der Waals surface area contributed by atoms with Crippen LogP contribution in [0.25, 0.3) is 0 Å². The third-order valence-electron chi connectivity index (χ3n) is 4.99. The number of anilines is 2. The molecule has 0 aromatic heterocycles. The van der Waals surface area contributed by atoms with Crippen molar-refractivity contribution < 1.29 is 18.0 Å². The van der Waals surface area contributed by atoms with Crippen LogP contribution in [0.1, 0.15) is 26.2 Å². The first-order chi connectivity index (χ1) is 12.3. The van der Waals surface area contributed by atoms with Crippen molar-refractivity contribution in [1.29, 1.82) is 0 Å². The molecule has 0 saturated carbocycles. The summed E-state index contributed by atoms with van der Waals surface area (Å²) in [5, 5.41) is 2.79. The maximum Gasteiger partial charge on any atom is 0.244 e. The van der Waals surface area contributed by atoms with Crippen LogP contribution < -0.4 is 10.2 Å². The summed E-state index contributed by atoms with van der Waals surface area (Å²) in [5.74, 6) is -0.601. The van der Waals surface area contributed by atoms with Crippen LogP contribution in [0.3, 0.4) is 0 Å². The Kier molecular flexibility index (Phi) is 5.50. The molecule has 0 radical (unpaired) electrons. The van der Waals surface area contributed by atoms with Crippen LogP contribution in [0.15, 0.2) is 24.3 Å². The summed E-state index contributed by atoms with van der Waals surface area (Å²) in [6, 6.07) is 7.24. The molecule has 1 aromatic carbocycles. The summed E-state index contributed by atoms with van der Waals surface area (Å²) in [5.41, 5.74) is 1.81. The zero-order valence-corrected chi connectivity index (χ0v) is 15.8. The van der Waals surface area contributed by atoms with Gasteiger partial charge in [-0.25, -0.2) is 8.42 Å². The van der Waals surface area contributed by atoms with Crippen molar-refractivity contribution in [1.82, 2.24) is 4.90 Å². The molecule has 26 heavy (non-hydrogen) atoms.